The molecule has 3 atom stereocenters. The van der Waals surface area contributed by atoms with Crippen molar-refractivity contribution in [3.63, 3.8) is 0 Å². The van der Waals surface area contributed by atoms with Crippen LogP contribution in [0.25, 0.3) is 0 Å². The highest BCUT2D eigenvalue weighted by molar-refractivity contribution is 5.24. The van der Waals surface area contributed by atoms with Gasteiger partial charge in [0.2, 0.25) is 0 Å². The van der Waals surface area contributed by atoms with Gasteiger partial charge in [0.25, 0.3) is 0 Å². The first-order chi connectivity index (χ1) is 7.33. The summed E-state index contributed by atoms with van der Waals surface area (Å²) in [5.74, 6) is 0.256. The first-order valence-corrected chi connectivity index (χ1v) is 5.13. The standard InChI is InChI=1S/C11H17N3O/c1-15-7-9-10(11(12)14-13-9)8-5-3-2-4-6-8/h2-6,9-11,13-14H,7,12H2,1H3. The second kappa shape index (κ2) is 4.72. The average Bonchev–Trinajstić information content (AvgIpc) is 2.62. The molecule has 1 aliphatic rings. The third-order valence-corrected chi connectivity index (χ3v) is 2.79. The van der Waals surface area contributed by atoms with E-state index in [0.717, 1.165) is 0 Å². The fourth-order valence-electron chi connectivity index (χ4n) is 2.07. The van der Waals surface area contributed by atoms with Crippen molar-refractivity contribution in [2.45, 2.75) is 18.1 Å². The Hall–Kier alpha value is -0.940. The first-order valence-electron chi connectivity index (χ1n) is 5.13. The summed E-state index contributed by atoms with van der Waals surface area (Å²) in [5, 5.41) is 0. The predicted molar refractivity (Wildman–Crippen MR) is 59.1 cm³/mol. The van der Waals surface area contributed by atoms with Crippen LogP contribution in [0.5, 0.6) is 0 Å². The van der Waals surface area contributed by atoms with Crippen LogP contribution in [0, 0.1) is 0 Å². The monoisotopic (exact) mass is 207 g/mol. The summed E-state index contributed by atoms with van der Waals surface area (Å²) in [6, 6.07) is 10.5. The van der Waals surface area contributed by atoms with Gasteiger partial charge in [0.1, 0.15) is 0 Å². The molecule has 15 heavy (non-hydrogen) atoms. The maximum absolute atomic E-state index is 6.00. The van der Waals surface area contributed by atoms with E-state index in [1.165, 1.54) is 5.56 Å². The van der Waals surface area contributed by atoms with E-state index in [0.29, 0.717) is 6.61 Å². The lowest BCUT2D eigenvalue weighted by molar-refractivity contribution is 0.165. The van der Waals surface area contributed by atoms with Crippen molar-refractivity contribution >= 4 is 0 Å². The highest BCUT2D eigenvalue weighted by atomic mass is 16.5. The molecule has 0 aromatic heterocycles. The molecule has 4 heteroatoms. The molecule has 4 nitrogen and oxygen atoms in total. The van der Waals surface area contributed by atoms with Crippen LogP contribution in [-0.2, 0) is 4.74 Å². The van der Waals surface area contributed by atoms with Crippen molar-refractivity contribution in [1.29, 1.82) is 0 Å². The Balaban J connectivity index is 2.17. The Morgan fingerprint density at radius 2 is 2.00 bits per heavy atom. The van der Waals surface area contributed by atoms with Crippen LogP contribution < -0.4 is 16.6 Å². The van der Waals surface area contributed by atoms with Crippen LogP contribution >= 0.6 is 0 Å². The fourth-order valence-corrected chi connectivity index (χ4v) is 2.07. The number of hydrogen-bond acceptors (Lipinski definition) is 4. The lowest BCUT2D eigenvalue weighted by Gasteiger charge is -2.20. The number of hydrazine groups is 1. The minimum atomic E-state index is -0.0625. The van der Waals surface area contributed by atoms with Gasteiger partial charge in [0, 0.05) is 13.0 Å². The summed E-state index contributed by atoms with van der Waals surface area (Å²) in [6.07, 6.45) is -0.0625. The second-order valence-electron chi connectivity index (χ2n) is 3.81. The van der Waals surface area contributed by atoms with Crippen LogP contribution in [0.1, 0.15) is 11.5 Å². The predicted octanol–water partition coefficient (Wildman–Crippen LogP) is 0.178. The van der Waals surface area contributed by atoms with E-state index in [-0.39, 0.29) is 18.1 Å². The third-order valence-electron chi connectivity index (χ3n) is 2.79. The van der Waals surface area contributed by atoms with E-state index in [4.69, 9.17) is 10.5 Å². The maximum Gasteiger partial charge on any atom is 0.0765 e. The van der Waals surface area contributed by atoms with E-state index in [2.05, 4.69) is 23.0 Å². The molecule has 1 aromatic carbocycles. The van der Waals surface area contributed by atoms with Crippen LogP contribution in [0.4, 0.5) is 0 Å². The summed E-state index contributed by atoms with van der Waals surface area (Å²) >= 11 is 0. The molecule has 0 bridgehead atoms. The molecule has 1 saturated heterocycles. The van der Waals surface area contributed by atoms with Gasteiger partial charge < -0.3 is 10.5 Å². The van der Waals surface area contributed by atoms with E-state index in [1.807, 2.05) is 18.2 Å². The summed E-state index contributed by atoms with van der Waals surface area (Å²) in [6.45, 7) is 0.653. The molecule has 82 valence electrons. The summed E-state index contributed by atoms with van der Waals surface area (Å²) in [7, 11) is 1.70. The van der Waals surface area contributed by atoms with Gasteiger partial charge in [-0.05, 0) is 5.56 Å². The highest BCUT2D eigenvalue weighted by Gasteiger charge is 2.34. The Bertz CT molecular complexity index is 302. The van der Waals surface area contributed by atoms with Crippen molar-refractivity contribution in [3.05, 3.63) is 35.9 Å². The Morgan fingerprint density at radius 3 is 2.67 bits per heavy atom. The molecule has 0 aliphatic carbocycles. The van der Waals surface area contributed by atoms with E-state index >= 15 is 0 Å². The second-order valence-corrected chi connectivity index (χ2v) is 3.81. The molecule has 0 amide bonds. The molecule has 1 fully saturated rings. The van der Waals surface area contributed by atoms with Crippen molar-refractivity contribution in [3.8, 4) is 0 Å². The molecule has 1 aliphatic heterocycles. The van der Waals surface area contributed by atoms with E-state index < -0.39 is 0 Å². The zero-order valence-electron chi connectivity index (χ0n) is 8.81. The Kier molecular flexibility index (Phi) is 3.33. The third kappa shape index (κ3) is 2.18. The van der Waals surface area contributed by atoms with Crippen LogP contribution in [0.2, 0.25) is 0 Å². The number of hydrogen-bond donors (Lipinski definition) is 3. The van der Waals surface area contributed by atoms with Gasteiger partial charge in [0.05, 0.1) is 18.8 Å². The largest absolute Gasteiger partial charge is 0.383 e. The van der Waals surface area contributed by atoms with E-state index in [1.54, 1.807) is 7.11 Å². The van der Waals surface area contributed by atoms with Gasteiger partial charge in [0.15, 0.2) is 0 Å². The van der Waals surface area contributed by atoms with E-state index in [9.17, 15) is 0 Å². The number of rotatable bonds is 3. The summed E-state index contributed by atoms with van der Waals surface area (Å²) in [5.41, 5.74) is 13.4. The molecule has 0 saturated carbocycles. The molecule has 0 radical (unpaired) electrons. The van der Waals surface area contributed by atoms with Crippen molar-refractivity contribution in [2.24, 2.45) is 5.73 Å². The maximum atomic E-state index is 6.00. The minimum absolute atomic E-state index is 0.0625. The number of methoxy groups -OCH3 is 1. The minimum Gasteiger partial charge on any atom is -0.383 e. The number of benzene rings is 1. The fraction of sp³-hybridized carbons (Fsp3) is 0.455. The topological polar surface area (TPSA) is 59.3 Å². The molecule has 3 unspecified atom stereocenters. The average molecular weight is 207 g/mol. The molecule has 2 rings (SSSR count). The Morgan fingerprint density at radius 1 is 1.27 bits per heavy atom. The van der Waals surface area contributed by atoms with Gasteiger partial charge in [-0.3, -0.25) is 5.43 Å². The number of ether oxygens (including phenoxy) is 1. The van der Waals surface area contributed by atoms with Crippen molar-refractivity contribution in [1.82, 2.24) is 10.9 Å². The number of nitrogens with two attached hydrogens (primary N) is 1. The summed E-state index contributed by atoms with van der Waals surface area (Å²) in [4.78, 5) is 0. The molecular formula is C11H17N3O. The molecule has 4 N–H and O–H groups in total. The number of nitrogens with one attached hydrogen (secondary N) is 2. The molecule has 0 spiro atoms. The van der Waals surface area contributed by atoms with Gasteiger partial charge in [-0.2, -0.15) is 0 Å². The molecule has 1 heterocycles. The first kappa shape index (κ1) is 10.6. The van der Waals surface area contributed by atoms with Crippen LogP contribution in [0.15, 0.2) is 30.3 Å². The normalized spacial score (nSPS) is 30.7. The highest BCUT2D eigenvalue weighted by Crippen LogP contribution is 2.24. The molecule has 1 aromatic rings. The van der Waals surface area contributed by atoms with Crippen LogP contribution in [0.3, 0.4) is 0 Å². The smallest absolute Gasteiger partial charge is 0.0765 e. The zero-order chi connectivity index (χ0) is 10.7. The zero-order valence-corrected chi connectivity index (χ0v) is 8.81. The van der Waals surface area contributed by atoms with Gasteiger partial charge in [-0.1, -0.05) is 30.3 Å². The van der Waals surface area contributed by atoms with Gasteiger partial charge in [-0.25, -0.2) is 5.43 Å². The quantitative estimate of drug-likeness (QED) is 0.661. The lowest BCUT2D eigenvalue weighted by Crippen LogP contribution is -2.38. The van der Waals surface area contributed by atoms with Gasteiger partial charge >= 0.3 is 0 Å². The van der Waals surface area contributed by atoms with Crippen molar-refractivity contribution in [2.75, 3.05) is 13.7 Å². The van der Waals surface area contributed by atoms with Crippen LogP contribution in [-0.4, -0.2) is 25.9 Å². The summed E-state index contributed by atoms with van der Waals surface area (Å²) < 4.78 is 5.17. The SMILES string of the molecule is COCC1NNC(N)C1c1ccccc1. The molecular weight excluding hydrogens is 190 g/mol. The Labute approximate surface area is 89.8 Å². The van der Waals surface area contributed by atoms with Gasteiger partial charge in [-0.15, -0.1) is 0 Å². The van der Waals surface area contributed by atoms with Crippen molar-refractivity contribution < 1.29 is 4.74 Å². The lowest BCUT2D eigenvalue weighted by atomic mass is 9.91.